The van der Waals surface area contributed by atoms with E-state index in [1.807, 2.05) is 33.7 Å². The predicted molar refractivity (Wildman–Crippen MR) is 86.0 cm³/mol. The number of anilines is 1. The molecular formula is C16H21N3O2S. The number of amides is 2. The van der Waals surface area contributed by atoms with E-state index in [1.165, 1.54) is 0 Å². The van der Waals surface area contributed by atoms with Gasteiger partial charge in [-0.1, -0.05) is 0 Å². The van der Waals surface area contributed by atoms with Crippen LogP contribution < -0.4 is 4.90 Å². The summed E-state index contributed by atoms with van der Waals surface area (Å²) in [5.41, 5.74) is 0.912. The average Bonchev–Trinajstić information content (AvgIpc) is 3.04. The summed E-state index contributed by atoms with van der Waals surface area (Å²) in [6.07, 6.45) is 3.06. The molecule has 5 nitrogen and oxygen atoms in total. The Kier molecular flexibility index (Phi) is 3.27. The predicted octanol–water partition coefficient (Wildman–Crippen LogP) is 1.41. The maximum atomic E-state index is 12.4. The molecule has 0 radical (unpaired) electrons. The average molecular weight is 319 g/mol. The van der Waals surface area contributed by atoms with Gasteiger partial charge in [-0.3, -0.25) is 14.5 Å². The molecular weight excluding hydrogens is 298 g/mol. The Balaban J connectivity index is 1.55. The van der Waals surface area contributed by atoms with Gasteiger partial charge >= 0.3 is 0 Å². The summed E-state index contributed by atoms with van der Waals surface area (Å²) in [6.45, 7) is 2.70. The molecule has 3 heterocycles. The third-order valence-corrected chi connectivity index (χ3v) is 5.99. The standard InChI is InChI=1S/C16H21N3O2S/c1-17-8-14(20)19(13-4-7-22-9-13)11-16(17)5-6-18(10-16)15(21)12-2-3-12/h4,7,9,12H,2-3,5-6,8,10-11H2,1H3/t16-/m1/s1. The molecule has 1 aliphatic carbocycles. The number of carbonyl (C=O) groups is 2. The quantitative estimate of drug-likeness (QED) is 0.828. The second-order valence-corrected chi connectivity index (χ2v) is 7.61. The van der Waals surface area contributed by atoms with Crippen LogP contribution in [0, 0.1) is 5.92 Å². The van der Waals surface area contributed by atoms with E-state index in [4.69, 9.17) is 0 Å². The third-order valence-electron chi connectivity index (χ3n) is 5.32. The lowest BCUT2D eigenvalue weighted by Gasteiger charge is -2.46. The van der Waals surface area contributed by atoms with Crippen molar-refractivity contribution in [2.75, 3.05) is 38.1 Å². The van der Waals surface area contributed by atoms with Crippen molar-refractivity contribution in [3.63, 3.8) is 0 Å². The van der Waals surface area contributed by atoms with Crippen molar-refractivity contribution in [1.82, 2.24) is 9.80 Å². The highest BCUT2D eigenvalue weighted by Crippen LogP contribution is 2.37. The number of likely N-dealkylation sites (N-methyl/N-ethyl adjacent to an activating group) is 1. The van der Waals surface area contributed by atoms with Gasteiger partial charge in [0.05, 0.1) is 17.8 Å². The van der Waals surface area contributed by atoms with E-state index in [-0.39, 0.29) is 17.4 Å². The maximum absolute atomic E-state index is 12.4. The monoisotopic (exact) mass is 319 g/mol. The van der Waals surface area contributed by atoms with E-state index >= 15 is 0 Å². The zero-order chi connectivity index (χ0) is 15.3. The van der Waals surface area contributed by atoms with Gasteiger partial charge in [-0.15, -0.1) is 0 Å². The molecule has 0 unspecified atom stereocenters. The van der Waals surface area contributed by atoms with Crippen LogP contribution >= 0.6 is 11.3 Å². The minimum Gasteiger partial charge on any atom is -0.340 e. The molecule has 2 amide bonds. The first-order valence-corrected chi connectivity index (χ1v) is 8.86. The van der Waals surface area contributed by atoms with Crippen molar-refractivity contribution in [2.24, 2.45) is 5.92 Å². The second kappa shape index (κ2) is 5.06. The molecule has 118 valence electrons. The lowest BCUT2D eigenvalue weighted by atomic mass is 9.93. The molecule has 2 aliphatic heterocycles. The molecule has 22 heavy (non-hydrogen) atoms. The van der Waals surface area contributed by atoms with Crippen LogP contribution in [-0.2, 0) is 9.59 Å². The van der Waals surface area contributed by atoms with Crippen molar-refractivity contribution in [3.05, 3.63) is 16.8 Å². The largest absolute Gasteiger partial charge is 0.340 e. The summed E-state index contributed by atoms with van der Waals surface area (Å²) in [5.74, 6) is 0.751. The van der Waals surface area contributed by atoms with E-state index in [2.05, 4.69) is 4.90 Å². The van der Waals surface area contributed by atoms with Gasteiger partial charge in [-0.25, -0.2) is 0 Å². The fraction of sp³-hybridized carbons (Fsp3) is 0.625. The van der Waals surface area contributed by atoms with E-state index in [0.717, 1.165) is 38.0 Å². The number of rotatable bonds is 2. The van der Waals surface area contributed by atoms with Gasteiger partial charge in [0.15, 0.2) is 0 Å². The number of hydrogen-bond donors (Lipinski definition) is 0. The molecule has 1 spiro atoms. The van der Waals surface area contributed by atoms with Crippen LogP contribution in [0.5, 0.6) is 0 Å². The first-order valence-electron chi connectivity index (χ1n) is 7.92. The van der Waals surface area contributed by atoms with E-state index in [9.17, 15) is 9.59 Å². The fourth-order valence-corrected chi connectivity index (χ4v) is 4.32. The summed E-state index contributed by atoms with van der Waals surface area (Å²) in [4.78, 5) is 30.8. The number of piperazine rings is 1. The molecule has 1 aromatic heterocycles. The van der Waals surface area contributed by atoms with Crippen LogP contribution in [0.2, 0.25) is 0 Å². The molecule has 1 atom stereocenters. The van der Waals surface area contributed by atoms with Crippen molar-refractivity contribution in [2.45, 2.75) is 24.8 Å². The van der Waals surface area contributed by atoms with Crippen LogP contribution in [0.4, 0.5) is 5.69 Å². The zero-order valence-corrected chi connectivity index (χ0v) is 13.6. The van der Waals surface area contributed by atoms with Gasteiger partial charge in [0, 0.05) is 30.9 Å². The molecule has 0 aromatic carbocycles. The van der Waals surface area contributed by atoms with Gasteiger partial charge in [0.1, 0.15) is 0 Å². The van der Waals surface area contributed by atoms with Crippen LogP contribution in [0.1, 0.15) is 19.3 Å². The Hall–Kier alpha value is -1.40. The minimum absolute atomic E-state index is 0.0829. The SMILES string of the molecule is CN1CC(=O)N(c2ccsc2)C[C@]12CCN(C(=O)C1CC1)C2. The fourth-order valence-electron chi connectivity index (χ4n) is 3.68. The minimum atomic E-state index is -0.0829. The normalized spacial score (nSPS) is 29.6. The Morgan fingerprint density at radius 1 is 1.36 bits per heavy atom. The van der Waals surface area contributed by atoms with Gasteiger partial charge in [0.2, 0.25) is 11.8 Å². The molecule has 1 saturated carbocycles. The van der Waals surface area contributed by atoms with E-state index in [1.54, 1.807) is 11.3 Å². The first-order chi connectivity index (χ1) is 10.6. The molecule has 0 bridgehead atoms. The van der Waals surface area contributed by atoms with Crippen LogP contribution in [0.15, 0.2) is 16.8 Å². The van der Waals surface area contributed by atoms with Crippen molar-refractivity contribution in [3.8, 4) is 0 Å². The molecule has 6 heteroatoms. The molecule has 0 N–H and O–H groups in total. The topological polar surface area (TPSA) is 43.9 Å². The van der Waals surface area contributed by atoms with Gasteiger partial charge < -0.3 is 9.80 Å². The summed E-state index contributed by atoms with van der Waals surface area (Å²) in [6, 6.07) is 2.00. The van der Waals surface area contributed by atoms with Gasteiger partial charge in [-0.05, 0) is 37.8 Å². The third kappa shape index (κ3) is 2.25. The van der Waals surface area contributed by atoms with Crippen molar-refractivity contribution in [1.29, 1.82) is 0 Å². The smallest absolute Gasteiger partial charge is 0.241 e. The first kappa shape index (κ1) is 14.2. The van der Waals surface area contributed by atoms with Crippen molar-refractivity contribution < 1.29 is 9.59 Å². The molecule has 3 aliphatic rings. The maximum Gasteiger partial charge on any atom is 0.241 e. The van der Waals surface area contributed by atoms with Crippen molar-refractivity contribution >= 4 is 28.8 Å². The van der Waals surface area contributed by atoms with E-state index in [0.29, 0.717) is 19.0 Å². The summed E-state index contributed by atoms with van der Waals surface area (Å²) in [5, 5.41) is 4.03. The Bertz CT molecular complexity index is 599. The lowest BCUT2D eigenvalue weighted by Crippen LogP contribution is -2.64. The highest BCUT2D eigenvalue weighted by atomic mass is 32.1. The number of carbonyl (C=O) groups excluding carboxylic acids is 2. The number of thiophene rings is 1. The molecule has 3 fully saturated rings. The highest BCUT2D eigenvalue weighted by molar-refractivity contribution is 7.08. The Morgan fingerprint density at radius 2 is 2.18 bits per heavy atom. The lowest BCUT2D eigenvalue weighted by molar-refractivity contribution is -0.132. The number of likely N-dealkylation sites (tertiary alicyclic amines) is 1. The number of hydrogen-bond acceptors (Lipinski definition) is 4. The molecule has 2 saturated heterocycles. The number of nitrogens with zero attached hydrogens (tertiary/aromatic N) is 3. The summed E-state index contributed by atoms with van der Waals surface area (Å²) >= 11 is 1.61. The Morgan fingerprint density at radius 3 is 2.86 bits per heavy atom. The second-order valence-electron chi connectivity index (χ2n) is 6.83. The van der Waals surface area contributed by atoms with Crippen LogP contribution in [0.25, 0.3) is 0 Å². The summed E-state index contributed by atoms with van der Waals surface area (Å²) < 4.78 is 0. The molecule has 4 rings (SSSR count). The summed E-state index contributed by atoms with van der Waals surface area (Å²) in [7, 11) is 2.02. The zero-order valence-electron chi connectivity index (χ0n) is 12.8. The van der Waals surface area contributed by atoms with Gasteiger partial charge in [0.25, 0.3) is 0 Å². The Labute approximate surface area is 134 Å². The van der Waals surface area contributed by atoms with Gasteiger partial charge in [-0.2, -0.15) is 11.3 Å². The van der Waals surface area contributed by atoms with E-state index < -0.39 is 0 Å². The molecule has 1 aromatic rings. The van der Waals surface area contributed by atoms with Crippen LogP contribution in [-0.4, -0.2) is 60.4 Å². The van der Waals surface area contributed by atoms with Crippen LogP contribution in [0.3, 0.4) is 0 Å². The highest BCUT2D eigenvalue weighted by Gasteiger charge is 2.50.